The Kier molecular flexibility index (Phi) is 4.51. The van der Waals surface area contributed by atoms with E-state index in [1.807, 2.05) is 0 Å². The molecular formula is C13H24ClN3O. The van der Waals surface area contributed by atoms with E-state index in [2.05, 4.69) is 22.0 Å². The van der Waals surface area contributed by atoms with Gasteiger partial charge < -0.3 is 10.2 Å². The van der Waals surface area contributed by atoms with Gasteiger partial charge in [0.15, 0.2) is 0 Å². The Labute approximate surface area is 115 Å². The van der Waals surface area contributed by atoms with Crippen LogP contribution in [-0.4, -0.2) is 61.0 Å². The van der Waals surface area contributed by atoms with Crippen LogP contribution in [0.5, 0.6) is 0 Å². The zero-order valence-corrected chi connectivity index (χ0v) is 11.9. The van der Waals surface area contributed by atoms with Crippen molar-refractivity contribution in [3.05, 3.63) is 0 Å². The number of hydrogen-bond acceptors (Lipinski definition) is 3. The summed E-state index contributed by atoms with van der Waals surface area (Å²) < 4.78 is 0. The van der Waals surface area contributed by atoms with Gasteiger partial charge in [-0.1, -0.05) is 6.92 Å². The van der Waals surface area contributed by atoms with Gasteiger partial charge in [-0.3, -0.25) is 9.69 Å². The van der Waals surface area contributed by atoms with E-state index >= 15 is 0 Å². The minimum Gasteiger partial charge on any atom is -0.340 e. The van der Waals surface area contributed by atoms with Crippen LogP contribution in [-0.2, 0) is 4.79 Å². The minimum absolute atomic E-state index is 0. The van der Waals surface area contributed by atoms with E-state index in [0.29, 0.717) is 11.8 Å². The average Bonchev–Trinajstić information content (AvgIpc) is 3.12. The first-order valence-corrected chi connectivity index (χ1v) is 6.99. The molecule has 2 saturated heterocycles. The molecule has 104 valence electrons. The lowest BCUT2D eigenvalue weighted by Gasteiger charge is -2.36. The molecule has 1 aliphatic carbocycles. The highest BCUT2D eigenvalue weighted by atomic mass is 35.5. The maximum absolute atomic E-state index is 12.4. The molecule has 1 saturated carbocycles. The summed E-state index contributed by atoms with van der Waals surface area (Å²) in [5, 5.41) is 3.32. The summed E-state index contributed by atoms with van der Waals surface area (Å²) in [5.74, 6) is 1.12. The van der Waals surface area contributed by atoms with E-state index in [4.69, 9.17) is 0 Å². The molecule has 5 heteroatoms. The predicted octanol–water partition coefficient (Wildman–Crippen LogP) is 0.570. The fraction of sp³-hybridized carbons (Fsp3) is 0.923. The molecule has 0 aromatic rings. The van der Waals surface area contributed by atoms with Gasteiger partial charge in [0.25, 0.3) is 0 Å². The fourth-order valence-electron chi connectivity index (χ4n) is 3.12. The Morgan fingerprint density at radius 2 is 1.78 bits per heavy atom. The van der Waals surface area contributed by atoms with Gasteiger partial charge in [-0.05, 0) is 25.3 Å². The number of hydrogen-bond donors (Lipinski definition) is 1. The quantitative estimate of drug-likeness (QED) is 0.799. The monoisotopic (exact) mass is 273 g/mol. The first-order chi connectivity index (χ1) is 8.25. The lowest BCUT2D eigenvalue weighted by atomic mass is 9.96. The van der Waals surface area contributed by atoms with Gasteiger partial charge in [0.05, 0.1) is 5.92 Å². The molecule has 18 heavy (non-hydrogen) atoms. The number of nitrogens with one attached hydrogen (secondary N) is 1. The molecule has 2 atom stereocenters. The Bertz CT molecular complexity index is 301. The predicted molar refractivity (Wildman–Crippen MR) is 73.9 cm³/mol. The molecule has 1 amide bonds. The Morgan fingerprint density at radius 3 is 2.28 bits per heavy atom. The normalized spacial score (nSPS) is 33.3. The third kappa shape index (κ3) is 2.81. The highest BCUT2D eigenvalue weighted by Crippen LogP contribution is 2.28. The van der Waals surface area contributed by atoms with Gasteiger partial charge in [-0.2, -0.15) is 0 Å². The van der Waals surface area contributed by atoms with Crippen LogP contribution in [0.4, 0.5) is 0 Å². The van der Waals surface area contributed by atoms with Crippen molar-refractivity contribution in [3.8, 4) is 0 Å². The molecule has 0 bridgehead atoms. The van der Waals surface area contributed by atoms with Gasteiger partial charge in [-0.15, -0.1) is 12.4 Å². The standard InChI is InChI=1S/C13H23N3O.ClH/c1-10-8-14-9-12(10)13(17)16-6-4-15(5-7-16)11-2-3-11;/h10-12,14H,2-9H2,1H3;1H/t10-,12-;/m1./s1. The van der Waals surface area contributed by atoms with Crippen molar-refractivity contribution in [1.29, 1.82) is 0 Å². The Morgan fingerprint density at radius 1 is 1.11 bits per heavy atom. The minimum atomic E-state index is 0. The van der Waals surface area contributed by atoms with E-state index in [0.717, 1.165) is 45.3 Å². The van der Waals surface area contributed by atoms with Crippen molar-refractivity contribution in [2.24, 2.45) is 11.8 Å². The molecule has 3 fully saturated rings. The van der Waals surface area contributed by atoms with Crippen LogP contribution in [0.1, 0.15) is 19.8 Å². The molecule has 4 nitrogen and oxygen atoms in total. The van der Waals surface area contributed by atoms with Gasteiger partial charge in [0.2, 0.25) is 5.91 Å². The SMILES string of the molecule is C[C@@H]1CNC[C@H]1C(=O)N1CCN(C2CC2)CC1.Cl. The van der Waals surface area contributed by atoms with Gasteiger partial charge in [-0.25, -0.2) is 0 Å². The van der Waals surface area contributed by atoms with E-state index in [-0.39, 0.29) is 18.3 Å². The second kappa shape index (κ2) is 5.76. The maximum atomic E-state index is 12.4. The van der Waals surface area contributed by atoms with Gasteiger partial charge >= 0.3 is 0 Å². The number of piperazine rings is 1. The highest BCUT2D eigenvalue weighted by Gasteiger charge is 2.36. The lowest BCUT2D eigenvalue weighted by Crippen LogP contribution is -2.51. The Balaban J connectivity index is 0.00000120. The molecule has 2 heterocycles. The van der Waals surface area contributed by atoms with Crippen LogP contribution in [0, 0.1) is 11.8 Å². The summed E-state index contributed by atoms with van der Waals surface area (Å²) in [5.41, 5.74) is 0. The number of amides is 1. The summed E-state index contributed by atoms with van der Waals surface area (Å²) in [4.78, 5) is 17.0. The first kappa shape index (κ1) is 14.1. The molecule has 0 aromatic carbocycles. The molecule has 1 N–H and O–H groups in total. The van der Waals surface area contributed by atoms with Crippen molar-refractivity contribution in [2.75, 3.05) is 39.3 Å². The zero-order valence-electron chi connectivity index (χ0n) is 11.1. The van der Waals surface area contributed by atoms with E-state index in [1.54, 1.807) is 0 Å². The molecule has 0 spiro atoms. The van der Waals surface area contributed by atoms with E-state index in [1.165, 1.54) is 12.8 Å². The molecule has 0 radical (unpaired) electrons. The summed E-state index contributed by atoms with van der Waals surface area (Å²) in [6, 6.07) is 0.847. The van der Waals surface area contributed by atoms with Crippen LogP contribution in [0.3, 0.4) is 0 Å². The van der Waals surface area contributed by atoms with E-state index in [9.17, 15) is 4.79 Å². The smallest absolute Gasteiger partial charge is 0.227 e. The third-order valence-corrected chi connectivity index (χ3v) is 4.52. The summed E-state index contributed by atoms with van der Waals surface area (Å²) in [7, 11) is 0. The van der Waals surface area contributed by atoms with Crippen molar-refractivity contribution < 1.29 is 4.79 Å². The fourth-order valence-corrected chi connectivity index (χ4v) is 3.12. The average molecular weight is 274 g/mol. The van der Waals surface area contributed by atoms with Crippen LogP contribution in [0.15, 0.2) is 0 Å². The number of carbonyl (C=O) groups is 1. The summed E-state index contributed by atoms with van der Waals surface area (Å²) >= 11 is 0. The third-order valence-electron chi connectivity index (χ3n) is 4.52. The second-order valence-electron chi connectivity index (χ2n) is 5.83. The van der Waals surface area contributed by atoms with Gasteiger partial charge in [0, 0.05) is 38.8 Å². The molecule has 0 unspecified atom stereocenters. The maximum Gasteiger partial charge on any atom is 0.227 e. The zero-order chi connectivity index (χ0) is 11.8. The number of carbonyl (C=O) groups excluding carboxylic acids is 1. The highest BCUT2D eigenvalue weighted by molar-refractivity contribution is 5.85. The van der Waals surface area contributed by atoms with Crippen molar-refractivity contribution in [3.63, 3.8) is 0 Å². The number of halogens is 1. The number of rotatable bonds is 2. The molecule has 3 rings (SSSR count). The van der Waals surface area contributed by atoms with Crippen molar-refractivity contribution in [1.82, 2.24) is 15.1 Å². The van der Waals surface area contributed by atoms with Gasteiger partial charge in [0.1, 0.15) is 0 Å². The summed E-state index contributed by atoms with van der Waals surface area (Å²) in [6.07, 6.45) is 2.75. The lowest BCUT2D eigenvalue weighted by molar-refractivity contribution is -0.137. The molecule has 2 aliphatic heterocycles. The summed E-state index contributed by atoms with van der Waals surface area (Å²) in [6.45, 7) is 8.12. The molecular weight excluding hydrogens is 250 g/mol. The van der Waals surface area contributed by atoms with Crippen LogP contribution in [0.25, 0.3) is 0 Å². The van der Waals surface area contributed by atoms with E-state index < -0.39 is 0 Å². The first-order valence-electron chi connectivity index (χ1n) is 6.99. The van der Waals surface area contributed by atoms with Crippen LogP contribution < -0.4 is 5.32 Å². The molecule has 0 aromatic heterocycles. The topological polar surface area (TPSA) is 35.6 Å². The Hall–Kier alpha value is -0.320. The second-order valence-corrected chi connectivity index (χ2v) is 5.83. The van der Waals surface area contributed by atoms with Crippen molar-refractivity contribution in [2.45, 2.75) is 25.8 Å². The van der Waals surface area contributed by atoms with Crippen molar-refractivity contribution >= 4 is 18.3 Å². The number of nitrogens with zero attached hydrogens (tertiary/aromatic N) is 2. The largest absolute Gasteiger partial charge is 0.340 e. The van der Waals surface area contributed by atoms with Crippen LogP contribution in [0.2, 0.25) is 0 Å². The van der Waals surface area contributed by atoms with Crippen LogP contribution >= 0.6 is 12.4 Å². The molecule has 3 aliphatic rings.